The lowest BCUT2D eigenvalue weighted by Gasteiger charge is -2.32. The number of rotatable bonds is 1. The quantitative estimate of drug-likeness (QED) is 0.803. The fourth-order valence-electron chi connectivity index (χ4n) is 2.84. The lowest BCUT2D eigenvalue weighted by molar-refractivity contribution is 0.450. The van der Waals surface area contributed by atoms with Crippen molar-refractivity contribution < 1.29 is 4.39 Å². The number of hydrogen-bond acceptors (Lipinski definition) is 4. The van der Waals surface area contributed by atoms with Gasteiger partial charge in [0.2, 0.25) is 0 Å². The van der Waals surface area contributed by atoms with Crippen LogP contribution < -0.4 is 0 Å². The molecule has 1 atom stereocenters. The molecule has 0 amide bonds. The molecule has 0 saturated carbocycles. The van der Waals surface area contributed by atoms with E-state index in [9.17, 15) is 4.39 Å². The van der Waals surface area contributed by atoms with Crippen LogP contribution in [0.25, 0.3) is 0 Å². The summed E-state index contributed by atoms with van der Waals surface area (Å²) >= 11 is 1.55. The molecule has 0 saturated heterocycles. The number of thioether (sulfide) groups is 1. The summed E-state index contributed by atoms with van der Waals surface area (Å²) in [5.74, 6) is 0.514. The van der Waals surface area contributed by atoms with Crippen molar-refractivity contribution in [1.29, 1.82) is 0 Å². The molecule has 1 aromatic carbocycles. The van der Waals surface area contributed by atoms with Gasteiger partial charge < -0.3 is 0 Å². The molecule has 0 radical (unpaired) electrons. The maximum absolute atomic E-state index is 14.4. The van der Waals surface area contributed by atoms with Crippen molar-refractivity contribution >= 4 is 16.8 Å². The molecule has 2 aromatic rings. The maximum Gasteiger partial charge on any atom is 0.128 e. The summed E-state index contributed by atoms with van der Waals surface area (Å²) in [5, 5.41) is 0.865. The molecule has 0 unspecified atom stereocenters. The van der Waals surface area contributed by atoms with Crippen molar-refractivity contribution in [2.45, 2.75) is 32.7 Å². The van der Waals surface area contributed by atoms with E-state index in [0.717, 1.165) is 27.7 Å². The Morgan fingerprint density at radius 3 is 2.77 bits per heavy atom. The second-order valence-corrected chi connectivity index (χ2v) is 6.63. The highest BCUT2D eigenvalue weighted by Gasteiger charge is 2.35. The van der Waals surface area contributed by atoms with Crippen LogP contribution in [0.15, 0.2) is 29.4 Å². The highest BCUT2D eigenvalue weighted by molar-refractivity contribution is 8.13. The molecule has 1 aromatic heterocycles. The van der Waals surface area contributed by atoms with Crippen LogP contribution in [0.4, 0.5) is 4.39 Å². The summed E-state index contributed by atoms with van der Waals surface area (Å²) in [6.07, 6.45) is 4.37. The molecule has 0 N–H and O–H groups in total. The fourth-order valence-corrected chi connectivity index (χ4v) is 3.53. The van der Waals surface area contributed by atoms with Crippen molar-refractivity contribution in [3.8, 4) is 0 Å². The van der Waals surface area contributed by atoms with E-state index < -0.39 is 5.54 Å². The number of nitrogens with zero attached hydrogens (tertiary/aromatic N) is 3. The van der Waals surface area contributed by atoms with Crippen LogP contribution in [-0.2, 0) is 12.0 Å². The minimum Gasteiger partial charge on any atom is -0.266 e. The van der Waals surface area contributed by atoms with Crippen LogP contribution in [0.2, 0.25) is 0 Å². The van der Waals surface area contributed by atoms with Crippen LogP contribution >= 0.6 is 11.8 Å². The Bertz CT molecular complexity index is 772. The second kappa shape index (κ2) is 5.47. The van der Waals surface area contributed by atoms with Gasteiger partial charge in [0.15, 0.2) is 0 Å². The SMILES string of the molecule is CSC1=N[C@](C)(c2cc(C)ccc2F)Cc2nc(C)ncc21. The average Bonchev–Trinajstić information content (AvgIpc) is 2.48. The first-order valence-corrected chi connectivity index (χ1v) is 8.39. The first-order valence-electron chi connectivity index (χ1n) is 7.16. The molecule has 22 heavy (non-hydrogen) atoms. The van der Waals surface area contributed by atoms with Gasteiger partial charge >= 0.3 is 0 Å². The van der Waals surface area contributed by atoms with Gasteiger partial charge in [-0.2, -0.15) is 0 Å². The average molecular weight is 315 g/mol. The summed E-state index contributed by atoms with van der Waals surface area (Å²) in [6.45, 7) is 5.81. The van der Waals surface area contributed by atoms with Gasteiger partial charge in [0.25, 0.3) is 0 Å². The predicted octanol–water partition coefficient (Wildman–Crippen LogP) is 3.81. The molecule has 3 rings (SSSR count). The third-order valence-corrected chi connectivity index (χ3v) is 4.67. The first kappa shape index (κ1) is 15.2. The number of aromatic nitrogens is 2. The van der Waals surface area contributed by atoms with Gasteiger partial charge in [-0.15, -0.1) is 11.8 Å². The van der Waals surface area contributed by atoms with Crippen molar-refractivity contribution in [2.75, 3.05) is 6.26 Å². The topological polar surface area (TPSA) is 38.1 Å². The van der Waals surface area contributed by atoms with E-state index >= 15 is 0 Å². The van der Waals surface area contributed by atoms with Gasteiger partial charge in [-0.25, -0.2) is 14.4 Å². The summed E-state index contributed by atoms with van der Waals surface area (Å²) in [6, 6.07) is 5.19. The van der Waals surface area contributed by atoms with Gasteiger partial charge in [0, 0.05) is 23.7 Å². The normalized spacial score (nSPS) is 20.5. The molecular formula is C17H18FN3S. The zero-order valence-corrected chi connectivity index (χ0v) is 14.0. The monoisotopic (exact) mass is 315 g/mol. The third-order valence-electron chi connectivity index (χ3n) is 3.97. The molecule has 114 valence electrons. The number of halogens is 1. The molecule has 0 aliphatic carbocycles. The fraction of sp³-hybridized carbons (Fsp3) is 0.353. The Kier molecular flexibility index (Phi) is 3.77. The molecule has 1 aliphatic heterocycles. The summed E-state index contributed by atoms with van der Waals surface area (Å²) in [5.41, 5.74) is 2.92. The minimum atomic E-state index is -0.637. The number of benzene rings is 1. The minimum absolute atomic E-state index is 0.216. The van der Waals surface area contributed by atoms with E-state index in [-0.39, 0.29) is 5.82 Å². The third kappa shape index (κ3) is 2.54. The van der Waals surface area contributed by atoms with E-state index in [1.165, 1.54) is 6.07 Å². The van der Waals surface area contributed by atoms with E-state index in [2.05, 4.69) is 9.97 Å². The van der Waals surface area contributed by atoms with Crippen LogP contribution in [0, 0.1) is 19.7 Å². The Morgan fingerprint density at radius 1 is 1.27 bits per heavy atom. The van der Waals surface area contributed by atoms with Crippen molar-refractivity contribution in [3.05, 3.63) is 58.4 Å². The van der Waals surface area contributed by atoms with Crippen LogP contribution in [0.5, 0.6) is 0 Å². The predicted molar refractivity (Wildman–Crippen MR) is 89.0 cm³/mol. The Labute approximate surface area is 134 Å². The second-order valence-electron chi connectivity index (χ2n) is 5.83. The van der Waals surface area contributed by atoms with Crippen molar-refractivity contribution in [3.63, 3.8) is 0 Å². The zero-order chi connectivity index (χ0) is 15.9. The lowest BCUT2D eigenvalue weighted by atomic mass is 9.84. The summed E-state index contributed by atoms with van der Waals surface area (Å²) in [4.78, 5) is 13.7. The van der Waals surface area contributed by atoms with Crippen LogP contribution in [0.3, 0.4) is 0 Å². The largest absolute Gasteiger partial charge is 0.266 e. The number of aliphatic imine (C=N–C) groups is 1. The Morgan fingerprint density at radius 2 is 2.05 bits per heavy atom. The van der Waals surface area contributed by atoms with E-state index in [0.29, 0.717) is 12.0 Å². The first-order chi connectivity index (χ1) is 10.4. The van der Waals surface area contributed by atoms with Gasteiger partial charge in [-0.05, 0) is 33.1 Å². The highest BCUT2D eigenvalue weighted by atomic mass is 32.2. The Hall–Kier alpha value is -1.75. The smallest absolute Gasteiger partial charge is 0.128 e. The van der Waals surface area contributed by atoms with Crippen molar-refractivity contribution in [2.24, 2.45) is 4.99 Å². The van der Waals surface area contributed by atoms with Crippen LogP contribution in [0.1, 0.15) is 35.1 Å². The lowest BCUT2D eigenvalue weighted by Crippen LogP contribution is -2.31. The van der Waals surface area contributed by atoms with Gasteiger partial charge in [0.1, 0.15) is 16.7 Å². The molecule has 2 heterocycles. The van der Waals surface area contributed by atoms with E-state index in [1.807, 2.05) is 39.3 Å². The standard InChI is InChI=1S/C17H18FN3S/c1-10-5-6-14(18)13(7-10)17(3)8-15-12(16(21-17)22-4)9-19-11(2)20-15/h5-7,9H,8H2,1-4H3/t17-/m0/s1. The van der Waals surface area contributed by atoms with Gasteiger partial charge in [-0.1, -0.05) is 17.7 Å². The van der Waals surface area contributed by atoms with Crippen LogP contribution in [-0.4, -0.2) is 21.3 Å². The van der Waals surface area contributed by atoms with Crippen molar-refractivity contribution in [1.82, 2.24) is 9.97 Å². The molecule has 0 bridgehead atoms. The zero-order valence-electron chi connectivity index (χ0n) is 13.1. The highest BCUT2D eigenvalue weighted by Crippen LogP contribution is 2.38. The molecule has 1 aliphatic rings. The molecule has 5 heteroatoms. The maximum atomic E-state index is 14.4. The number of aryl methyl sites for hydroxylation is 2. The molecule has 3 nitrogen and oxygen atoms in total. The molecular weight excluding hydrogens is 297 g/mol. The summed E-state index contributed by atoms with van der Waals surface area (Å²) < 4.78 is 14.4. The van der Waals surface area contributed by atoms with E-state index in [4.69, 9.17) is 4.99 Å². The van der Waals surface area contributed by atoms with Gasteiger partial charge in [0.05, 0.1) is 11.2 Å². The van der Waals surface area contributed by atoms with Gasteiger partial charge in [-0.3, -0.25) is 4.99 Å². The summed E-state index contributed by atoms with van der Waals surface area (Å²) in [7, 11) is 0. The molecule has 0 spiro atoms. The molecule has 0 fully saturated rings. The Balaban J connectivity index is 2.18. The number of fused-ring (bicyclic) bond motifs is 1. The number of hydrogen-bond donors (Lipinski definition) is 0. The van der Waals surface area contributed by atoms with E-state index in [1.54, 1.807) is 17.8 Å².